The summed E-state index contributed by atoms with van der Waals surface area (Å²) >= 11 is 0. The lowest BCUT2D eigenvalue weighted by atomic mass is 9.99. The molecule has 15 nitrogen and oxygen atoms in total. The van der Waals surface area contributed by atoms with Gasteiger partial charge in [0.2, 0.25) is 23.8 Å². The molecule has 0 aliphatic carbocycles. The highest BCUT2D eigenvalue weighted by Crippen LogP contribution is 2.42. The molecule has 0 saturated carbocycles. The van der Waals surface area contributed by atoms with Gasteiger partial charge in [0.1, 0.15) is 65.9 Å². The number of aliphatic hydroxyl groups is 7. The van der Waals surface area contributed by atoms with Crippen LogP contribution >= 0.6 is 0 Å². The van der Waals surface area contributed by atoms with E-state index in [1.165, 1.54) is 38.3 Å². The van der Waals surface area contributed by atoms with Crippen molar-refractivity contribution in [1.29, 1.82) is 0 Å². The van der Waals surface area contributed by atoms with E-state index >= 15 is 0 Å². The molecule has 2 aliphatic heterocycles. The summed E-state index contributed by atoms with van der Waals surface area (Å²) < 4.78 is 33.1. The molecule has 2 fully saturated rings. The second-order valence-electron chi connectivity index (χ2n) is 10.2. The molecule has 3 heterocycles. The van der Waals surface area contributed by atoms with Gasteiger partial charge in [0, 0.05) is 6.07 Å². The Balaban J connectivity index is 1.41. The van der Waals surface area contributed by atoms with Gasteiger partial charge in [-0.2, -0.15) is 0 Å². The predicted octanol–water partition coefficient (Wildman–Crippen LogP) is -1.44. The number of benzene rings is 2. The highest BCUT2D eigenvalue weighted by Gasteiger charge is 2.45. The van der Waals surface area contributed by atoms with Gasteiger partial charge in [0.05, 0.1) is 25.4 Å². The smallest absolute Gasteiger partial charge is 0.229 e. The van der Waals surface area contributed by atoms with E-state index in [-0.39, 0.29) is 33.8 Å². The van der Waals surface area contributed by atoms with Crippen LogP contribution in [0.3, 0.4) is 0 Å². The van der Waals surface area contributed by atoms with Gasteiger partial charge in [-0.3, -0.25) is 4.79 Å². The highest BCUT2D eigenvalue weighted by molar-refractivity contribution is 5.93. The zero-order chi connectivity index (χ0) is 31.2. The summed E-state index contributed by atoms with van der Waals surface area (Å²) in [6.45, 7) is 0.856. The third-order valence-corrected chi connectivity index (χ3v) is 7.47. The fourth-order valence-corrected chi connectivity index (χ4v) is 4.97. The molecule has 0 spiro atoms. The van der Waals surface area contributed by atoms with Crippen molar-refractivity contribution in [2.75, 3.05) is 13.7 Å². The number of methoxy groups -OCH3 is 1. The van der Waals surface area contributed by atoms with E-state index in [1.54, 1.807) is 0 Å². The quantitative estimate of drug-likeness (QED) is 0.153. The van der Waals surface area contributed by atoms with Crippen molar-refractivity contribution in [3.8, 4) is 34.1 Å². The number of aliphatic hydroxyl groups excluding tert-OH is 7. The molecule has 2 saturated heterocycles. The van der Waals surface area contributed by atoms with Gasteiger partial charge in [-0.25, -0.2) is 0 Å². The zero-order valence-electron chi connectivity index (χ0n) is 22.9. The molecule has 0 unspecified atom stereocenters. The molecule has 5 rings (SSSR count). The van der Waals surface area contributed by atoms with Crippen molar-refractivity contribution in [3.63, 3.8) is 0 Å². The van der Waals surface area contributed by atoms with Crippen molar-refractivity contribution < 1.29 is 69.0 Å². The summed E-state index contributed by atoms with van der Waals surface area (Å²) in [4.78, 5) is 13.5. The van der Waals surface area contributed by atoms with Gasteiger partial charge in [0.25, 0.3) is 0 Å². The van der Waals surface area contributed by atoms with Gasteiger partial charge < -0.3 is 69.0 Å². The van der Waals surface area contributed by atoms with E-state index in [1.807, 2.05) is 0 Å². The van der Waals surface area contributed by atoms with Crippen LogP contribution in [-0.2, 0) is 9.47 Å². The third-order valence-electron chi connectivity index (χ3n) is 7.47. The van der Waals surface area contributed by atoms with Crippen LogP contribution in [-0.4, -0.2) is 116 Å². The van der Waals surface area contributed by atoms with Gasteiger partial charge in [0.15, 0.2) is 11.3 Å². The first-order valence-electron chi connectivity index (χ1n) is 13.3. The molecule has 2 aliphatic rings. The Hall–Kier alpha value is -3.51. The van der Waals surface area contributed by atoms with Gasteiger partial charge >= 0.3 is 0 Å². The second kappa shape index (κ2) is 12.2. The summed E-state index contributed by atoms with van der Waals surface area (Å²) in [7, 11) is 1.26. The van der Waals surface area contributed by atoms with E-state index in [4.69, 9.17) is 28.1 Å². The largest absolute Gasteiger partial charge is 0.507 e. The molecule has 234 valence electrons. The van der Waals surface area contributed by atoms with Crippen LogP contribution in [0.4, 0.5) is 0 Å². The number of phenols is 1. The summed E-state index contributed by atoms with van der Waals surface area (Å²) in [5, 5.41) is 80.3. The number of ether oxygens (including phenoxy) is 5. The van der Waals surface area contributed by atoms with Crippen LogP contribution in [0.2, 0.25) is 0 Å². The highest BCUT2D eigenvalue weighted by atomic mass is 16.7. The molecule has 1 aromatic heterocycles. The van der Waals surface area contributed by atoms with Gasteiger partial charge in [-0.15, -0.1) is 0 Å². The topological polar surface area (TPSA) is 238 Å². The maximum absolute atomic E-state index is 13.5. The maximum atomic E-state index is 13.5. The molecule has 8 N–H and O–H groups in total. The Kier molecular flexibility index (Phi) is 8.80. The Bertz CT molecular complexity index is 1490. The summed E-state index contributed by atoms with van der Waals surface area (Å²) in [5.41, 5.74) is -0.397. The van der Waals surface area contributed by atoms with Crippen LogP contribution in [0.1, 0.15) is 6.92 Å². The average Bonchev–Trinajstić information content (AvgIpc) is 2.99. The Morgan fingerprint density at radius 1 is 0.837 bits per heavy atom. The van der Waals surface area contributed by atoms with Crippen LogP contribution in [0.15, 0.2) is 45.8 Å². The predicted molar refractivity (Wildman–Crippen MR) is 144 cm³/mol. The summed E-state index contributed by atoms with van der Waals surface area (Å²) in [5.74, 6) is -0.645. The Morgan fingerprint density at radius 2 is 1.47 bits per heavy atom. The van der Waals surface area contributed by atoms with E-state index < -0.39 is 79.2 Å². The maximum Gasteiger partial charge on any atom is 0.229 e. The van der Waals surface area contributed by atoms with Crippen molar-refractivity contribution in [1.82, 2.24) is 0 Å². The fraction of sp³-hybridized carbons (Fsp3) is 0.464. The van der Waals surface area contributed by atoms with E-state index in [0.29, 0.717) is 5.56 Å². The summed E-state index contributed by atoms with van der Waals surface area (Å²) in [6.07, 6.45) is -13.1. The molecule has 43 heavy (non-hydrogen) atoms. The molecule has 15 heteroatoms. The fourth-order valence-electron chi connectivity index (χ4n) is 4.97. The first kappa shape index (κ1) is 30.9. The molecule has 3 aromatic rings. The van der Waals surface area contributed by atoms with Crippen LogP contribution in [0.25, 0.3) is 22.1 Å². The van der Waals surface area contributed by atoms with Crippen molar-refractivity contribution >= 4 is 11.0 Å². The minimum absolute atomic E-state index is 0.0508. The molecular weight excluding hydrogens is 576 g/mol. The lowest BCUT2D eigenvalue weighted by Crippen LogP contribution is -2.60. The number of rotatable bonds is 7. The van der Waals surface area contributed by atoms with Crippen LogP contribution in [0.5, 0.6) is 23.0 Å². The van der Waals surface area contributed by atoms with E-state index in [0.717, 1.165) is 12.3 Å². The first-order valence-corrected chi connectivity index (χ1v) is 13.3. The van der Waals surface area contributed by atoms with Crippen molar-refractivity contribution in [2.45, 2.75) is 68.3 Å². The minimum atomic E-state index is -1.64. The molecule has 2 aromatic carbocycles. The number of aromatic hydroxyl groups is 1. The van der Waals surface area contributed by atoms with E-state index in [9.17, 15) is 45.6 Å². The van der Waals surface area contributed by atoms with Crippen LogP contribution in [0, 0.1) is 0 Å². The molecule has 0 bridgehead atoms. The third kappa shape index (κ3) is 5.62. The standard InChI is InChI=1S/C28H32O15/c1-10-18(31)21(34)23(36)27(40-10)42-15-7-14(30)17-19(32)13(9-39-26(17)25(15)38-2)11-3-5-12(6-4-11)41-28-24(37)22(35)20(33)16(8-29)43-28/h3-7,9-10,16,18,20-24,27-31,33-37H,8H2,1-2H3/t10-,16+,18-,20+,21+,22-,23+,24+,27-,28+/m0/s1. The number of phenolic OH excluding ortho intramolecular Hbond substituents is 1. The normalized spacial score (nSPS) is 32.9. The SMILES string of the molecule is COc1c(O[C@@H]2O[C@@H](C)[C@H](O)[C@@H](O)[C@H]2O)cc(O)c2c(=O)c(-c3ccc(O[C@@H]4O[C@H](CO)[C@@H](O)[C@H](O)[C@H]4O)cc3)coc12. The summed E-state index contributed by atoms with van der Waals surface area (Å²) in [6, 6.07) is 6.94. The average molecular weight is 609 g/mol. The number of fused-ring (bicyclic) bond motifs is 1. The number of hydrogen-bond acceptors (Lipinski definition) is 15. The Labute approximate surface area is 243 Å². The van der Waals surface area contributed by atoms with Crippen molar-refractivity contribution in [2.24, 2.45) is 0 Å². The van der Waals surface area contributed by atoms with Gasteiger partial charge in [-0.05, 0) is 24.6 Å². The zero-order valence-corrected chi connectivity index (χ0v) is 22.9. The number of hydrogen-bond donors (Lipinski definition) is 8. The molecule has 10 atom stereocenters. The lowest BCUT2D eigenvalue weighted by Gasteiger charge is -2.39. The van der Waals surface area contributed by atoms with Crippen molar-refractivity contribution in [3.05, 3.63) is 46.8 Å². The monoisotopic (exact) mass is 608 g/mol. The Morgan fingerprint density at radius 3 is 2.09 bits per heavy atom. The van der Waals surface area contributed by atoms with E-state index in [2.05, 4.69) is 0 Å². The molecule has 0 radical (unpaired) electrons. The van der Waals surface area contributed by atoms with Crippen LogP contribution < -0.4 is 19.6 Å². The molecule has 0 amide bonds. The van der Waals surface area contributed by atoms with Gasteiger partial charge in [-0.1, -0.05) is 12.1 Å². The second-order valence-corrected chi connectivity index (χ2v) is 10.2. The first-order chi connectivity index (χ1) is 20.5. The minimum Gasteiger partial charge on any atom is -0.507 e. The lowest BCUT2D eigenvalue weighted by molar-refractivity contribution is -0.277. The molecular formula is C28H32O15.